The number of phenols is 1. The van der Waals surface area contributed by atoms with Crippen molar-refractivity contribution in [3.63, 3.8) is 0 Å². The van der Waals surface area contributed by atoms with E-state index in [-0.39, 0.29) is 17.1 Å². The van der Waals surface area contributed by atoms with Crippen LogP contribution in [0, 0.1) is 0 Å². The number of carboxylic acids is 1. The van der Waals surface area contributed by atoms with Crippen LogP contribution in [0.2, 0.25) is 0 Å². The Hall–Kier alpha value is -2.04. The molecule has 108 valence electrons. The van der Waals surface area contributed by atoms with Crippen LogP contribution in [0.1, 0.15) is 48.2 Å². The Morgan fingerprint density at radius 1 is 1.50 bits per heavy atom. The molecule has 0 amide bonds. The van der Waals surface area contributed by atoms with Gasteiger partial charge < -0.3 is 19.7 Å². The number of carbonyl (C=O) groups excluding carboxylic acids is 2. The highest BCUT2D eigenvalue weighted by Gasteiger charge is 2.27. The Morgan fingerprint density at radius 2 is 2.20 bits per heavy atom. The van der Waals surface area contributed by atoms with Gasteiger partial charge >= 0.3 is 0 Å². The summed E-state index contributed by atoms with van der Waals surface area (Å²) in [7, 11) is 0. The van der Waals surface area contributed by atoms with Gasteiger partial charge in [0, 0.05) is 5.56 Å². The van der Waals surface area contributed by atoms with E-state index < -0.39 is 12.1 Å². The summed E-state index contributed by atoms with van der Waals surface area (Å²) in [6, 6.07) is 1.59. The van der Waals surface area contributed by atoms with E-state index in [0.717, 1.165) is 12.0 Å². The Labute approximate surface area is 117 Å². The van der Waals surface area contributed by atoms with E-state index in [2.05, 4.69) is 0 Å². The number of hydrogen-bond acceptors (Lipinski definition) is 5. The first-order chi connectivity index (χ1) is 9.45. The number of phenolic OH excluding ortho intramolecular Hbond substituents is 1. The van der Waals surface area contributed by atoms with Gasteiger partial charge in [0.15, 0.2) is 5.78 Å². The van der Waals surface area contributed by atoms with Gasteiger partial charge in [0.1, 0.15) is 17.6 Å². The third-order valence-corrected chi connectivity index (χ3v) is 3.50. The standard InChI is InChI=1S/C15H18O5/c1-3-4-10-13(17)11(8(2)16)7-9-5-6-12(15(18)19)20-14(9)10/h7,12,17H,3-6H2,1-2H3,(H,18,19)/p-1. The van der Waals surface area contributed by atoms with E-state index >= 15 is 0 Å². The van der Waals surface area contributed by atoms with Gasteiger partial charge in [-0.15, -0.1) is 0 Å². The maximum Gasteiger partial charge on any atom is 0.163 e. The number of aryl methyl sites for hydroxylation is 1. The summed E-state index contributed by atoms with van der Waals surface area (Å²) in [5, 5.41) is 21.1. The zero-order chi connectivity index (χ0) is 14.9. The zero-order valence-electron chi connectivity index (χ0n) is 11.6. The normalized spacial score (nSPS) is 17.2. The topological polar surface area (TPSA) is 86.7 Å². The monoisotopic (exact) mass is 277 g/mol. The lowest BCUT2D eigenvalue weighted by atomic mass is 9.92. The van der Waals surface area contributed by atoms with Crippen molar-refractivity contribution in [3.8, 4) is 11.5 Å². The number of fused-ring (bicyclic) bond motifs is 1. The van der Waals surface area contributed by atoms with Gasteiger partial charge in [-0.3, -0.25) is 4.79 Å². The summed E-state index contributed by atoms with van der Waals surface area (Å²) in [4.78, 5) is 22.5. The molecule has 1 atom stereocenters. The third kappa shape index (κ3) is 2.48. The summed E-state index contributed by atoms with van der Waals surface area (Å²) in [5.41, 5.74) is 1.55. The fourth-order valence-corrected chi connectivity index (χ4v) is 2.51. The third-order valence-electron chi connectivity index (χ3n) is 3.50. The van der Waals surface area contributed by atoms with Crippen LogP contribution in [0.4, 0.5) is 0 Å². The zero-order valence-corrected chi connectivity index (χ0v) is 11.6. The summed E-state index contributed by atoms with van der Waals surface area (Å²) >= 11 is 0. The molecule has 20 heavy (non-hydrogen) atoms. The predicted molar refractivity (Wildman–Crippen MR) is 69.9 cm³/mol. The Kier molecular flexibility index (Phi) is 3.97. The van der Waals surface area contributed by atoms with Gasteiger partial charge in [-0.1, -0.05) is 13.3 Å². The highest BCUT2D eigenvalue weighted by atomic mass is 16.5. The number of ketones is 1. The number of carboxylic acid groups (broad SMARTS) is 1. The highest BCUT2D eigenvalue weighted by molar-refractivity contribution is 5.98. The molecule has 2 rings (SSSR count). The molecule has 0 spiro atoms. The molecule has 1 N–H and O–H groups in total. The molecule has 0 aliphatic carbocycles. The Balaban J connectivity index is 2.55. The molecule has 5 nitrogen and oxygen atoms in total. The molecule has 1 unspecified atom stereocenters. The van der Waals surface area contributed by atoms with Gasteiger partial charge in [0.25, 0.3) is 0 Å². The van der Waals surface area contributed by atoms with Gasteiger partial charge in [0.2, 0.25) is 0 Å². The molecule has 0 fully saturated rings. The molecular formula is C15H17O5-. The van der Waals surface area contributed by atoms with Gasteiger partial charge in [-0.05, 0) is 37.8 Å². The summed E-state index contributed by atoms with van der Waals surface area (Å²) in [5.74, 6) is -1.18. The van der Waals surface area contributed by atoms with Crippen LogP contribution < -0.4 is 9.84 Å². The van der Waals surface area contributed by atoms with Crippen LogP contribution in [0.25, 0.3) is 0 Å². The first-order valence-corrected chi connectivity index (χ1v) is 6.71. The van der Waals surface area contributed by atoms with Crippen LogP contribution in [0.5, 0.6) is 11.5 Å². The minimum atomic E-state index is -1.26. The minimum absolute atomic E-state index is 0.0999. The number of aromatic hydroxyl groups is 1. The average molecular weight is 277 g/mol. The lowest BCUT2D eigenvalue weighted by Gasteiger charge is -2.29. The quantitative estimate of drug-likeness (QED) is 0.829. The summed E-state index contributed by atoms with van der Waals surface area (Å²) in [6.07, 6.45) is 1.07. The van der Waals surface area contributed by atoms with Crippen LogP contribution in [0.15, 0.2) is 6.07 Å². The number of rotatable bonds is 4. The van der Waals surface area contributed by atoms with Crippen molar-refractivity contribution in [3.05, 3.63) is 22.8 Å². The highest BCUT2D eigenvalue weighted by Crippen LogP contribution is 2.40. The molecule has 0 radical (unpaired) electrons. The lowest BCUT2D eigenvalue weighted by molar-refractivity contribution is -0.314. The molecule has 0 saturated heterocycles. The van der Waals surface area contributed by atoms with Crippen LogP contribution in [0.3, 0.4) is 0 Å². The number of aliphatic carboxylic acids is 1. The van der Waals surface area contributed by atoms with E-state index in [1.54, 1.807) is 6.07 Å². The van der Waals surface area contributed by atoms with Gasteiger partial charge in [-0.2, -0.15) is 0 Å². The van der Waals surface area contributed by atoms with E-state index in [9.17, 15) is 19.8 Å². The SMILES string of the molecule is CCCc1c(O)c(C(C)=O)cc2c1OC(C(=O)[O-])CC2. The van der Waals surface area contributed by atoms with Crippen LogP contribution in [-0.4, -0.2) is 23.0 Å². The van der Waals surface area contributed by atoms with Crippen molar-refractivity contribution in [1.29, 1.82) is 0 Å². The van der Waals surface area contributed by atoms with Gasteiger partial charge in [0.05, 0.1) is 11.5 Å². The largest absolute Gasteiger partial charge is 0.546 e. The number of ether oxygens (including phenoxy) is 1. The second-order valence-corrected chi connectivity index (χ2v) is 5.01. The molecule has 5 heteroatoms. The molecule has 1 heterocycles. The Morgan fingerprint density at radius 3 is 2.75 bits per heavy atom. The van der Waals surface area contributed by atoms with E-state index in [1.807, 2.05) is 6.92 Å². The smallest absolute Gasteiger partial charge is 0.163 e. The first kappa shape index (κ1) is 14.4. The van der Waals surface area contributed by atoms with Crippen molar-refractivity contribution >= 4 is 11.8 Å². The average Bonchev–Trinajstić information content (AvgIpc) is 2.40. The maximum atomic E-state index is 11.6. The molecule has 1 aromatic rings. The summed E-state index contributed by atoms with van der Waals surface area (Å²) in [6.45, 7) is 3.33. The second kappa shape index (κ2) is 5.53. The van der Waals surface area contributed by atoms with Crippen LogP contribution in [-0.2, 0) is 17.6 Å². The molecule has 0 aromatic heterocycles. The predicted octanol–water partition coefficient (Wildman–Crippen LogP) is 0.991. The molecule has 0 bridgehead atoms. The first-order valence-electron chi connectivity index (χ1n) is 6.71. The Bertz CT molecular complexity index is 562. The van der Waals surface area contributed by atoms with Crippen molar-refractivity contribution in [2.45, 2.75) is 45.6 Å². The molecular weight excluding hydrogens is 260 g/mol. The van der Waals surface area contributed by atoms with E-state index in [1.165, 1.54) is 6.92 Å². The fourth-order valence-electron chi connectivity index (χ4n) is 2.51. The molecule has 1 aromatic carbocycles. The van der Waals surface area contributed by atoms with Crippen molar-refractivity contribution in [2.75, 3.05) is 0 Å². The number of carbonyl (C=O) groups is 2. The van der Waals surface area contributed by atoms with Crippen molar-refractivity contribution < 1.29 is 24.5 Å². The molecule has 1 aliphatic rings. The molecule has 1 aliphatic heterocycles. The summed E-state index contributed by atoms with van der Waals surface area (Å²) < 4.78 is 5.46. The van der Waals surface area contributed by atoms with E-state index in [0.29, 0.717) is 30.6 Å². The second-order valence-electron chi connectivity index (χ2n) is 5.01. The van der Waals surface area contributed by atoms with Gasteiger partial charge in [-0.25, -0.2) is 0 Å². The number of Topliss-reactive ketones (excluding diaryl/α,β-unsaturated/α-hetero) is 1. The molecule has 0 saturated carbocycles. The van der Waals surface area contributed by atoms with Crippen LogP contribution >= 0.6 is 0 Å². The van der Waals surface area contributed by atoms with Crippen molar-refractivity contribution in [2.24, 2.45) is 0 Å². The maximum absolute atomic E-state index is 11.6. The number of hydrogen-bond donors (Lipinski definition) is 1. The van der Waals surface area contributed by atoms with E-state index in [4.69, 9.17) is 4.74 Å². The van der Waals surface area contributed by atoms with Crippen molar-refractivity contribution in [1.82, 2.24) is 0 Å². The minimum Gasteiger partial charge on any atom is -0.546 e. The number of benzene rings is 1. The lowest BCUT2D eigenvalue weighted by Crippen LogP contribution is -2.41. The fraction of sp³-hybridized carbons (Fsp3) is 0.467.